The van der Waals surface area contributed by atoms with Crippen molar-refractivity contribution in [3.05, 3.63) is 58.9 Å². The highest BCUT2D eigenvalue weighted by molar-refractivity contribution is 7.03. The number of methoxy groups -OCH3 is 1. The molecule has 0 aliphatic heterocycles. The number of nitrogens with zero attached hydrogens (tertiary/aromatic N) is 4. The van der Waals surface area contributed by atoms with Crippen molar-refractivity contribution in [2.75, 3.05) is 25.6 Å². The summed E-state index contributed by atoms with van der Waals surface area (Å²) in [6, 6.07) is 3.35. The topological polar surface area (TPSA) is 112 Å². The van der Waals surface area contributed by atoms with Crippen molar-refractivity contribution in [2.24, 2.45) is 0 Å². The van der Waals surface area contributed by atoms with Gasteiger partial charge < -0.3 is 24.6 Å². The Bertz CT molecular complexity index is 1450. The van der Waals surface area contributed by atoms with Gasteiger partial charge in [0.1, 0.15) is 36.2 Å². The fraction of sp³-hybridized carbons (Fsp3) is 0.385. The Morgan fingerprint density at radius 2 is 1.87 bits per heavy atom. The SMILES string of the molecule is COc1cc2nc(C)nc(N[C@H](C)c3nccc(C(F)(F)C(C)(C)O)c3F)c2cc1OCCOc1cnsc1. The summed E-state index contributed by atoms with van der Waals surface area (Å²) in [5, 5.41) is 15.3. The highest BCUT2D eigenvalue weighted by Gasteiger charge is 2.49. The maximum Gasteiger partial charge on any atom is 0.303 e. The molecule has 0 bridgehead atoms. The highest BCUT2D eigenvalue weighted by atomic mass is 32.1. The number of anilines is 1. The zero-order valence-corrected chi connectivity index (χ0v) is 22.8. The lowest BCUT2D eigenvalue weighted by Gasteiger charge is -2.30. The summed E-state index contributed by atoms with van der Waals surface area (Å²) in [6.45, 7) is 5.57. The number of ether oxygens (including phenoxy) is 3. The van der Waals surface area contributed by atoms with Crippen LogP contribution in [0.3, 0.4) is 0 Å². The Labute approximate surface area is 227 Å². The molecule has 39 heavy (non-hydrogen) atoms. The highest BCUT2D eigenvalue weighted by Crippen LogP contribution is 2.41. The van der Waals surface area contributed by atoms with Gasteiger partial charge in [0.15, 0.2) is 17.3 Å². The van der Waals surface area contributed by atoms with Gasteiger partial charge in [0, 0.05) is 17.6 Å². The van der Waals surface area contributed by atoms with E-state index in [2.05, 4.69) is 24.6 Å². The molecule has 0 spiro atoms. The normalized spacial score (nSPS) is 12.8. The lowest BCUT2D eigenvalue weighted by molar-refractivity contribution is -0.170. The third kappa shape index (κ3) is 5.98. The first-order chi connectivity index (χ1) is 18.4. The van der Waals surface area contributed by atoms with Crippen molar-refractivity contribution < 1.29 is 32.5 Å². The Balaban J connectivity index is 1.63. The predicted octanol–water partition coefficient (Wildman–Crippen LogP) is 5.43. The van der Waals surface area contributed by atoms with Gasteiger partial charge in [-0.05, 0) is 51.4 Å². The number of pyridine rings is 1. The molecule has 9 nitrogen and oxygen atoms in total. The molecule has 0 amide bonds. The first kappa shape index (κ1) is 28.3. The van der Waals surface area contributed by atoms with Gasteiger partial charge in [0.2, 0.25) is 0 Å². The van der Waals surface area contributed by atoms with Gasteiger partial charge in [0.25, 0.3) is 0 Å². The molecular formula is C26H28F3N5O4S. The molecule has 0 unspecified atom stereocenters. The minimum Gasteiger partial charge on any atom is -0.493 e. The molecule has 0 aliphatic carbocycles. The maximum atomic E-state index is 15.3. The Morgan fingerprint density at radius 1 is 1.13 bits per heavy atom. The van der Waals surface area contributed by atoms with Gasteiger partial charge in [-0.25, -0.2) is 14.4 Å². The van der Waals surface area contributed by atoms with E-state index in [1.165, 1.54) is 18.6 Å². The number of aliphatic hydroxyl groups is 1. The molecule has 4 aromatic rings. The van der Waals surface area contributed by atoms with Crippen LogP contribution in [0.2, 0.25) is 0 Å². The van der Waals surface area contributed by atoms with E-state index in [-0.39, 0.29) is 18.9 Å². The summed E-state index contributed by atoms with van der Waals surface area (Å²) < 4.78 is 65.8. The van der Waals surface area contributed by atoms with E-state index in [9.17, 15) is 13.9 Å². The molecule has 3 heterocycles. The number of fused-ring (bicyclic) bond motifs is 1. The van der Waals surface area contributed by atoms with Crippen molar-refractivity contribution in [1.29, 1.82) is 0 Å². The van der Waals surface area contributed by atoms with E-state index >= 15 is 4.39 Å². The van der Waals surface area contributed by atoms with Crippen LogP contribution in [0.1, 0.15) is 43.9 Å². The van der Waals surface area contributed by atoms with Crippen molar-refractivity contribution >= 4 is 28.3 Å². The van der Waals surface area contributed by atoms with Crippen LogP contribution in [0, 0.1) is 12.7 Å². The molecule has 1 atom stereocenters. The molecule has 3 aromatic heterocycles. The second kappa shape index (κ2) is 11.2. The van der Waals surface area contributed by atoms with E-state index in [1.54, 1.807) is 37.6 Å². The Morgan fingerprint density at radius 3 is 2.54 bits per heavy atom. The molecule has 4 rings (SSSR count). The molecule has 0 fully saturated rings. The molecule has 2 N–H and O–H groups in total. The predicted molar refractivity (Wildman–Crippen MR) is 140 cm³/mol. The van der Waals surface area contributed by atoms with Crippen LogP contribution >= 0.6 is 11.5 Å². The van der Waals surface area contributed by atoms with Gasteiger partial charge in [-0.15, -0.1) is 0 Å². The molecule has 0 aliphatic rings. The number of hydrogen-bond donors (Lipinski definition) is 2. The largest absolute Gasteiger partial charge is 0.493 e. The minimum atomic E-state index is -3.85. The van der Waals surface area contributed by atoms with Crippen LogP contribution in [0.25, 0.3) is 10.9 Å². The smallest absolute Gasteiger partial charge is 0.303 e. The van der Waals surface area contributed by atoms with Crippen molar-refractivity contribution in [1.82, 2.24) is 19.3 Å². The van der Waals surface area contributed by atoms with E-state index in [0.717, 1.165) is 26.1 Å². The summed E-state index contributed by atoms with van der Waals surface area (Å²) in [5.41, 5.74) is -3.16. The number of halogens is 3. The van der Waals surface area contributed by atoms with E-state index in [0.29, 0.717) is 39.8 Å². The van der Waals surface area contributed by atoms with Gasteiger partial charge in [-0.2, -0.15) is 13.2 Å². The monoisotopic (exact) mass is 563 g/mol. The molecule has 0 radical (unpaired) electrons. The molecule has 0 saturated carbocycles. The molecular weight excluding hydrogens is 535 g/mol. The third-order valence-corrected chi connectivity index (χ3v) is 6.46. The Kier molecular flexibility index (Phi) is 8.12. The summed E-state index contributed by atoms with van der Waals surface area (Å²) in [4.78, 5) is 12.9. The summed E-state index contributed by atoms with van der Waals surface area (Å²) in [7, 11) is 1.50. The van der Waals surface area contributed by atoms with Crippen LogP contribution in [0.15, 0.2) is 36.0 Å². The van der Waals surface area contributed by atoms with Crippen molar-refractivity contribution in [3.8, 4) is 17.2 Å². The number of aromatic nitrogens is 4. The van der Waals surface area contributed by atoms with Gasteiger partial charge >= 0.3 is 5.92 Å². The van der Waals surface area contributed by atoms with Crippen LogP contribution in [-0.4, -0.2) is 50.4 Å². The number of aryl methyl sites for hydroxylation is 1. The molecule has 1 aromatic carbocycles. The van der Waals surface area contributed by atoms with E-state index in [4.69, 9.17) is 14.2 Å². The minimum absolute atomic E-state index is 0.209. The van der Waals surface area contributed by atoms with Crippen molar-refractivity contribution in [2.45, 2.75) is 45.3 Å². The van der Waals surface area contributed by atoms with Crippen LogP contribution in [0.4, 0.5) is 19.0 Å². The first-order valence-electron chi connectivity index (χ1n) is 11.9. The molecule has 13 heteroatoms. The summed E-state index contributed by atoms with van der Waals surface area (Å²) in [5.74, 6) is -2.85. The second-order valence-electron chi connectivity index (χ2n) is 9.25. The molecule has 0 saturated heterocycles. The Hall–Kier alpha value is -3.71. The fourth-order valence-electron chi connectivity index (χ4n) is 3.82. The zero-order chi connectivity index (χ0) is 28.4. The summed E-state index contributed by atoms with van der Waals surface area (Å²) >= 11 is 1.28. The number of rotatable bonds is 11. The van der Waals surface area contributed by atoms with Gasteiger partial charge in [-0.3, -0.25) is 4.98 Å². The number of nitrogens with one attached hydrogen (secondary N) is 1. The van der Waals surface area contributed by atoms with Crippen LogP contribution < -0.4 is 19.5 Å². The van der Waals surface area contributed by atoms with Crippen LogP contribution in [0.5, 0.6) is 17.2 Å². The number of benzene rings is 1. The number of alkyl halides is 2. The third-order valence-electron chi connectivity index (χ3n) is 5.90. The average Bonchev–Trinajstić information content (AvgIpc) is 3.39. The second-order valence-corrected chi connectivity index (χ2v) is 9.91. The lowest BCUT2D eigenvalue weighted by atomic mass is 9.92. The first-order valence-corrected chi connectivity index (χ1v) is 12.8. The van der Waals surface area contributed by atoms with E-state index in [1.807, 2.05) is 0 Å². The standard InChI is InChI=1S/C26H28F3N5O4S/c1-14(23-22(27)18(6-7-30-23)26(28,29)25(3,4)35)32-24-17-10-21(38-9-8-37-16-12-31-39-13-16)20(36-5)11-19(17)33-15(2)34-24/h6-7,10-14,35H,8-9H2,1-5H3,(H,32,33,34)/t14-/m1/s1. The van der Waals surface area contributed by atoms with Gasteiger partial charge in [-0.1, -0.05) is 0 Å². The lowest BCUT2D eigenvalue weighted by Crippen LogP contribution is -2.41. The average molecular weight is 564 g/mol. The maximum absolute atomic E-state index is 15.3. The molecule has 208 valence electrons. The quantitative estimate of drug-likeness (QED) is 0.231. The number of hydrogen-bond acceptors (Lipinski definition) is 10. The summed E-state index contributed by atoms with van der Waals surface area (Å²) in [6.07, 6.45) is 2.69. The van der Waals surface area contributed by atoms with Gasteiger partial charge in [0.05, 0.1) is 41.5 Å². The van der Waals surface area contributed by atoms with Crippen molar-refractivity contribution in [3.63, 3.8) is 0 Å². The zero-order valence-electron chi connectivity index (χ0n) is 22.0. The van der Waals surface area contributed by atoms with Crippen LogP contribution in [-0.2, 0) is 5.92 Å². The fourth-order valence-corrected chi connectivity index (χ4v) is 4.28. The van der Waals surface area contributed by atoms with E-state index < -0.39 is 28.9 Å².